The zero-order chi connectivity index (χ0) is 12.0. The van der Waals surface area contributed by atoms with Gasteiger partial charge in [-0.3, -0.25) is 0 Å². The molecule has 0 bridgehead atoms. The molecule has 0 aromatic heterocycles. The van der Waals surface area contributed by atoms with Gasteiger partial charge in [0.1, 0.15) is 5.82 Å². The zero-order valence-electron chi connectivity index (χ0n) is 8.83. The van der Waals surface area contributed by atoms with Crippen molar-refractivity contribution in [3.63, 3.8) is 0 Å². The van der Waals surface area contributed by atoms with E-state index < -0.39 is 5.82 Å². The highest BCUT2D eigenvalue weighted by atomic mass is 35.5. The molecule has 0 aliphatic carbocycles. The molecule has 0 aliphatic heterocycles. The molecule has 1 rings (SSSR count). The van der Waals surface area contributed by atoms with Crippen molar-refractivity contribution in [3.8, 4) is 0 Å². The summed E-state index contributed by atoms with van der Waals surface area (Å²) >= 11 is 5.66. The van der Waals surface area contributed by atoms with Crippen LogP contribution in [0.15, 0.2) is 18.2 Å². The molecule has 90 valence electrons. The van der Waals surface area contributed by atoms with E-state index in [9.17, 15) is 4.39 Å². The van der Waals surface area contributed by atoms with Crippen molar-refractivity contribution in [2.45, 2.75) is 12.5 Å². The highest BCUT2D eigenvalue weighted by Crippen LogP contribution is 2.22. The summed E-state index contributed by atoms with van der Waals surface area (Å²) in [5, 5.41) is 8.68. The number of hydrogen-bond donors (Lipinski definition) is 2. The average Bonchev–Trinajstić information content (AvgIpc) is 2.29. The van der Waals surface area contributed by atoms with Crippen LogP contribution in [0.25, 0.3) is 0 Å². The minimum Gasteiger partial charge on any atom is -0.396 e. The van der Waals surface area contributed by atoms with E-state index in [1.165, 1.54) is 12.1 Å². The van der Waals surface area contributed by atoms with Crippen molar-refractivity contribution >= 4 is 11.6 Å². The molecule has 1 aromatic rings. The summed E-state index contributed by atoms with van der Waals surface area (Å²) in [5.41, 5.74) is 6.29. The van der Waals surface area contributed by atoms with Crippen molar-refractivity contribution in [2.75, 3.05) is 19.8 Å². The predicted molar refractivity (Wildman–Crippen MR) is 60.9 cm³/mol. The van der Waals surface area contributed by atoms with E-state index in [-0.39, 0.29) is 24.3 Å². The Kier molecular flexibility index (Phi) is 5.69. The van der Waals surface area contributed by atoms with E-state index in [2.05, 4.69) is 0 Å². The maximum Gasteiger partial charge on any atom is 0.141 e. The molecular weight excluding hydrogens is 233 g/mol. The summed E-state index contributed by atoms with van der Waals surface area (Å²) < 4.78 is 18.4. The number of halogens is 2. The molecule has 0 heterocycles. The summed E-state index contributed by atoms with van der Waals surface area (Å²) in [6, 6.07) is 4.39. The van der Waals surface area contributed by atoms with Gasteiger partial charge in [-0.15, -0.1) is 0 Å². The van der Waals surface area contributed by atoms with Gasteiger partial charge in [0.15, 0.2) is 0 Å². The molecule has 0 saturated carbocycles. The molecule has 1 atom stereocenters. The predicted octanol–water partition coefficient (Wildman–Crippen LogP) is 1.88. The lowest BCUT2D eigenvalue weighted by Gasteiger charge is -2.16. The van der Waals surface area contributed by atoms with Crippen LogP contribution in [0.5, 0.6) is 0 Å². The minimum absolute atomic E-state index is 0.0571. The van der Waals surface area contributed by atoms with Crippen molar-refractivity contribution in [1.29, 1.82) is 0 Å². The Morgan fingerprint density at radius 3 is 2.81 bits per heavy atom. The number of aliphatic hydroxyl groups excluding tert-OH is 1. The van der Waals surface area contributed by atoms with E-state index in [4.69, 9.17) is 27.2 Å². The SMILES string of the molecule is NCC(OCCCO)c1ccc(F)c(Cl)c1. The Morgan fingerprint density at radius 2 is 2.25 bits per heavy atom. The standard InChI is InChI=1S/C11H15ClFNO2/c12-9-6-8(2-3-10(9)13)11(7-14)16-5-1-4-15/h2-3,6,11,15H,1,4-5,7,14H2. The van der Waals surface area contributed by atoms with Crippen LogP contribution < -0.4 is 5.73 Å². The van der Waals surface area contributed by atoms with E-state index in [1.807, 2.05) is 0 Å². The monoisotopic (exact) mass is 247 g/mol. The normalized spacial score (nSPS) is 12.8. The summed E-state index contributed by atoms with van der Waals surface area (Å²) in [6.45, 7) is 0.766. The first kappa shape index (κ1) is 13.4. The summed E-state index contributed by atoms with van der Waals surface area (Å²) in [7, 11) is 0. The molecule has 0 fully saturated rings. The van der Waals surface area contributed by atoms with Crippen LogP contribution >= 0.6 is 11.6 Å². The molecule has 0 amide bonds. The first-order valence-electron chi connectivity index (χ1n) is 5.06. The zero-order valence-corrected chi connectivity index (χ0v) is 9.58. The third-order valence-electron chi connectivity index (χ3n) is 2.15. The Labute approximate surface area is 99.0 Å². The van der Waals surface area contributed by atoms with Crippen molar-refractivity contribution < 1.29 is 14.2 Å². The fourth-order valence-corrected chi connectivity index (χ4v) is 1.49. The smallest absolute Gasteiger partial charge is 0.141 e. The molecule has 16 heavy (non-hydrogen) atoms. The lowest BCUT2D eigenvalue weighted by Crippen LogP contribution is -2.17. The number of hydrogen-bond acceptors (Lipinski definition) is 3. The highest BCUT2D eigenvalue weighted by Gasteiger charge is 2.11. The molecule has 5 heteroatoms. The van der Waals surface area contributed by atoms with E-state index >= 15 is 0 Å². The van der Waals surface area contributed by atoms with Crippen LogP contribution in [0.4, 0.5) is 4.39 Å². The van der Waals surface area contributed by atoms with Gasteiger partial charge in [-0.05, 0) is 24.1 Å². The molecule has 3 N–H and O–H groups in total. The topological polar surface area (TPSA) is 55.5 Å². The van der Waals surface area contributed by atoms with Crippen molar-refractivity contribution in [1.82, 2.24) is 0 Å². The Hall–Kier alpha value is -0.680. The summed E-state index contributed by atoms with van der Waals surface area (Å²) in [6.07, 6.45) is 0.232. The second-order valence-corrected chi connectivity index (χ2v) is 3.75. The van der Waals surface area contributed by atoms with E-state index in [1.54, 1.807) is 6.07 Å². The van der Waals surface area contributed by atoms with Gasteiger partial charge in [0.25, 0.3) is 0 Å². The lowest BCUT2D eigenvalue weighted by molar-refractivity contribution is 0.0488. The van der Waals surface area contributed by atoms with Gasteiger partial charge < -0.3 is 15.6 Å². The first-order valence-corrected chi connectivity index (χ1v) is 5.44. The molecule has 0 radical (unpaired) electrons. The van der Waals surface area contributed by atoms with Gasteiger partial charge in [-0.1, -0.05) is 17.7 Å². The molecule has 0 spiro atoms. The van der Waals surface area contributed by atoms with Gasteiger partial charge in [0.2, 0.25) is 0 Å². The summed E-state index contributed by atoms with van der Waals surface area (Å²) in [4.78, 5) is 0. The van der Waals surface area contributed by atoms with Crippen LogP contribution in [0.3, 0.4) is 0 Å². The van der Waals surface area contributed by atoms with Crippen LogP contribution in [-0.2, 0) is 4.74 Å². The van der Waals surface area contributed by atoms with E-state index in [0.717, 1.165) is 5.56 Å². The molecule has 1 aromatic carbocycles. The van der Waals surface area contributed by atoms with Gasteiger partial charge in [-0.2, -0.15) is 0 Å². The molecule has 1 unspecified atom stereocenters. The van der Waals surface area contributed by atoms with Crippen molar-refractivity contribution in [2.24, 2.45) is 5.73 Å². The Morgan fingerprint density at radius 1 is 1.50 bits per heavy atom. The summed E-state index contributed by atoms with van der Waals surface area (Å²) in [5.74, 6) is -0.462. The van der Waals surface area contributed by atoms with Gasteiger partial charge in [-0.25, -0.2) is 4.39 Å². The molecule has 0 saturated heterocycles. The maximum atomic E-state index is 12.9. The van der Waals surface area contributed by atoms with Gasteiger partial charge >= 0.3 is 0 Å². The fourth-order valence-electron chi connectivity index (χ4n) is 1.30. The second-order valence-electron chi connectivity index (χ2n) is 3.35. The minimum atomic E-state index is -0.462. The number of ether oxygens (including phenoxy) is 1. The van der Waals surface area contributed by atoms with Crippen molar-refractivity contribution in [3.05, 3.63) is 34.6 Å². The largest absolute Gasteiger partial charge is 0.396 e. The second kappa shape index (κ2) is 6.81. The molecule has 0 aliphatic rings. The average molecular weight is 248 g/mol. The quantitative estimate of drug-likeness (QED) is 0.755. The highest BCUT2D eigenvalue weighted by molar-refractivity contribution is 6.30. The van der Waals surface area contributed by atoms with Crippen LogP contribution in [-0.4, -0.2) is 24.9 Å². The lowest BCUT2D eigenvalue weighted by atomic mass is 10.1. The number of aliphatic hydroxyl groups is 1. The van der Waals surface area contributed by atoms with Crippen LogP contribution in [0.1, 0.15) is 18.1 Å². The first-order chi connectivity index (χ1) is 7.69. The number of nitrogens with two attached hydrogens (primary N) is 1. The van der Waals surface area contributed by atoms with E-state index in [0.29, 0.717) is 13.0 Å². The number of benzene rings is 1. The fraction of sp³-hybridized carbons (Fsp3) is 0.455. The van der Waals surface area contributed by atoms with Crippen LogP contribution in [0, 0.1) is 5.82 Å². The molecular formula is C11H15ClFNO2. The van der Waals surface area contributed by atoms with Gasteiger partial charge in [0.05, 0.1) is 11.1 Å². The Bertz CT molecular complexity index is 336. The number of rotatable bonds is 6. The third kappa shape index (κ3) is 3.72. The maximum absolute atomic E-state index is 12.9. The molecule has 3 nitrogen and oxygen atoms in total. The Balaban J connectivity index is 2.67. The van der Waals surface area contributed by atoms with Gasteiger partial charge in [0, 0.05) is 19.8 Å². The van der Waals surface area contributed by atoms with Crippen LogP contribution in [0.2, 0.25) is 5.02 Å². The third-order valence-corrected chi connectivity index (χ3v) is 2.44.